The van der Waals surface area contributed by atoms with Crippen LogP contribution in [-0.2, 0) is 12.7 Å². The van der Waals surface area contributed by atoms with Crippen molar-refractivity contribution in [2.24, 2.45) is 5.92 Å². The van der Waals surface area contributed by atoms with E-state index in [1.165, 1.54) is 22.9 Å². The molecular formula is C21H22F3N5O3. The Hall–Kier alpha value is -3.37. The lowest BCUT2D eigenvalue weighted by Crippen LogP contribution is -2.42. The predicted octanol–water partition coefficient (Wildman–Crippen LogP) is 3.96. The number of halogens is 3. The van der Waals surface area contributed by atoms with Crippen molar-refractivity contribution in [3.05, 3.63) is 51.9 Å². The van der Waals surface area contributed by atoms with Gasteiger partial charge in [-0.3, -0.25) is 4.79 Å². The van der Waals surface area contributed by atoms with Gasteiger partial charge >= 0.3 is 12.2 Å². The van der Waals surface area contributed by atoms with Crippen molar-refractivity contribution in [2.45, 2.75) is 39.4 Å². The van der Waals surface area contributed by atoms with Gasteiger partial charge in [0, 0.05) is 25.8 Å². The van der Waals surface area contributed by atoms with E-state index in [4.69, 9.17) is 4.52 Å². The van der Waals surface area contributed by atoms with E-state index >= 15 is 0 Å². The second-order valence-electron chi connectivity index (χ2n) is 7.96. The summed E-state index contributed by atoms with van der Waals surface area (Å²) in [6, 6.07) is 3.20. The number of anilines is 1. The number of aryl methyl sites for hydroxylation is 2. The summed E-state index contributed by atoms with van der Waals surface area (Å²) in [6.45, 7) is 4.95. The Kier molecular flexibility index (Phi) is 5.66. The molecule has 8 nitrogen and oxygen atoms in total. The molecule has 11 heteroatoms. The number of fused-ring (bicyclic) bond motifs is 1. The van der Waals surface area contributed by atoms with Gasteiger partial charge in [-0.05, 0) is 50.8 Å². The number of hydrogen-bond donors (Lipinski definition) is 1. The van der Waals surface area contributed by atoms with Gasteiger partial charge in [0.15, 0.2) is 5.76 Å². The Morgan fingerprint density at radius 3 is 2.56 bits per heavy atom. The summed E-state index contributed by atoms with van der Waals surface area (Å²) in [6.07, 6.45) is -1.68. The SMILES string of the molecule is Cc1noc(C)c1NC(=O)N1CCC(Cn2ccc3nc(C(F)(F)F)ccc3c2=O)CC1. The molecule has 32 heavy (non-hydrogen) atoms. The molecule has 1 N–H and O–H groups in total. The van der Waals surface area contributed by atoms with Crippen molar-refractivity contribution in [3.8, 4) is 0 Å². The van der Waals surface area contributed by atoms with Gasteiger partial charge in [0.05, 0.1) is 10.9 Å². The van der Waals surface area contributed by atoms with Crippen LogP contribution in [0.25, 0.3) is 10.9 Å². The van der Waals surface area contributed by atoms with Crippen molar-refractivity contribution in [2.75, 3.05) is 18.4 Å². The lowest BCUT2D eigenvalue weighted by Gasteiger charge is -2.32. The summed E-state index contributed by atoms with van der Waals surface area (Å²) in [4.78, 5) is 30.5. The molecule has 1 aliphatic heterocycles. The van der Waals surface area contributed by atoms with Gasteiger partial charge in [-0.1, -0.05) is 5.16 Å². The van der Waals surface area contributed by atoms with Crippen LogP contribution >= 0.6 is 0 Å². The molecule has 4 rings (SSSR count). The second kappa shape index (κ2) is 8.29. The zero-order valence-corrected chi connectivity index (χ0v) is 17.6. The lowest BCUT2D eigenvalue weighted by molar-refractivity contribution is -0.140. The Labute approximate surface area is 181 Å². The average molecular weight is 449 g/mol. The molecule has 3 aromatic rings. The van der Waals surface area contributed by atoms with E-state index in [-0.39, 0.29) is 28.4 Å². The van der Waals surface area contributed by atoms with Gasteiger partial charge in [0.1, 0.15) is 17.1 Å². The number of piperidine rings is 1. The number of aromatic nitrogens is 3. The molecule has 1 saturated heterocycles. The summed E-state index contributed by atoms with van der Waals surface area (Å²) in [5, 5.41) is 6.79. The van der Waals surface area contributed by atoms with Crippen LogP contribution in [0, 0.1) is 19.8 Å². The monoisotopic (exact) mass is 449 g/mol. The first-order chi connectivity index (χ1) is 15.1. The fraction of sp³-hybridized carbons (Fsp3) is 0.429. The highest BCUT2D eigenvalue weighted by Gasteiger charge is 2.32. The van der Waals surface area contributed by atoms with E-state index in [1.54, 1.807) is 18.7 Å². The largest absolute Gasteiger partial charge is 0.433 e. The minimum absolute atomic E-state index is 0.0203. The number of amides is 2. The maximum Gasteiger partial charge on any atom is 0.433 e. The molecule has 1 fully saturated rings. The molecule has 4 heterocycles. The van der Waals surface area contributed by atoms with Crippen LogP contribution in [0.1, 0.15) is 30.0 Å². The molecule has 1 aliphatic rings. The smallest absolute Gasteiger partial charge is 0.359 e. The predicted molar refractivity (Wildman–Crippen MR) is 110 cm³/mol. The van der Waals surface area contributed by atoms with Crippen molar-refractivity contribution >= 4 is 22.6 Å². The highest BCUT2D eigenvalue weighted by Crippen LogP contribution is 2.28. The number of alkyl halides is 3. The molecule has 0 saturated carbocycles. The number of carbonyl (C=O) groups is 1. The van der Waals surface area contributed by atoms with Crippen LogP contribution in [-0.4, -0.2) is 38.7 Å². The highest BCUT2D eigenvalue weighted by molar-refractivity contribution is 5.90. The third-order valence-electron chi connectivity index (χ3n) is 5.74. The van der Waals surface area contributed by atoms with Gasteiger partial charge in [-0.25, -0.2) is 9.78 Å². The molecule has 0 unspecified atom stereocenters. The number of carbonyl (C=O) groups excluding carboxylic acids is 1. The second-order valence-corrected chi connectivity index (χ2v) is 7.96. The molecule has 2 amide bonds. The first-order valence-corrected chi connectivity index (χ1v) is 10.2. The van der Waals surface area contributed by atoms with Crippen LogP contribution in [0.2, 0.25) is 0 Å². The number of hydrogen-bond acceptors (Lipinski definition) is 5. The maximum absolute atomic E-state index is 12.9. The van der Waals surface area contributed by atoms with E-state index in [1.807, 2.05) is 0 Å². The Morgan fingerprint density at radius 2 is 1.94 bits per heavy atom. The van der Waals surface area contributed by atoms with Crippen molar-refractivity contribution in [1.29, 1.82) is 0 Å². The summed E-state index contributed by atoms with van der Waals surface area (Å²) < 4.78 is 45.1. The van der Waals surface area contributed by atoms with Gasteiger partial charge in [0.25, 0.3) is 5.56 Å². The van der Waals surface area contributed by atoms with Gasteiger partial charge in [-0.2, -0.15) is 13.2 Å². The standard InChI is InChI=1S/C21H22F3N5O3/c1-12-18(13(2)32-27-12)26-20(31)28-8-5-14(6-9-28)11-29-10-7-16-15(19(29)30)3-4-17(25-16)21(22,23)24/h3-4,7,10,14H,5-6,8-9,11H2,1-2H3,(H,26,31). The normalized spacial score (nSPS) is 15.3. The van der Waals surface area contributed by atoms with Gasteiger partial charge in [-0.15, -0.1) is 0 Å². The number of rotatable bonds is 3. The average Bonchev–Trinajstić information content (AvgIpc) is 3.07. The Balaban J connectivity index is 1.40. The van der Waals surface area contributed by atoms with Crippen LogP contribution in [0.15, 0.2) is 33.7 Å². The molecule has 3 aromatic heterocycles. The summed E-state index contributed by atoms with van der Waals surface area (Å²) in [5.74, 6) is 0.703. The molecule has 170 valence electrons. The third kappa shape index (κ3) is 4.32. The van der Waals surface area contributed by atoms with Crippen LogP contribution in [0.4, 0.5) is 23.7 Å². The van der Waals surface area contributed by atoms with E-state index < -0.39 is 11.9 Å². The topological polar surface area (TPSA) is 93.3 Å². The van der Waals surface area contributed by atoms with E-state index in [9.17, 15) is 22.8 Å². The quantitative estimate of drug-likeness (QED) is 0.653. The lowest BCUT2D eigenvalue weighted by atomic mass is 9.97. The fourth-order valence-electron chi connectivity index (χ4n) is 3.91. The molecular weight excluding hydrogens is 427 g/mol. The van der Waals surface area contributed by atoms with Crippen LogP contribution in [0.3, 0.4) is 0 Å². The van der Waals surface area contributed by atoms with Crippen molar-refractivity contribution in [1.82, 2.24) is 19.6 Å². The van der Waals surface area contributed by atoms with E-state index in [0.29, 0.717) is 49.6 Å². The molecule has 0 aromatic carbocycles. The minimum atomic E-state index is -4.56. The Morgan fingerprint density at radius 1 is 1.22 bits per heavy atom. The van der Waals surface area contributed by atoms with Crippen molar-refractivity contribution < 1.29 is 22.5 Å². The van der Waals surface area contributed by atoms with Crippen LogP contribution < -0.4 is 10.9 Å². The number of nitrogens with one attached hydrogen (secondary N) is 1. The maximum atomic E-state index is 12.9. The summed E-state index contributed by atoms with van der Waals surface area (Å²) in [5.41, 5.74) is -0.195. The number of urea groups is 1. The summed E-state index contributed by atoms with van der Waals surface area (Å²) in [7, 11) is 0. The Bertz CT molecular complexity index is 1190. The van der Waals surface area contributed by atoms with E-state index in [2.05, 4.69) is 15.5 Å². The molecule has 0 radical (unpaired) electrons. The highest BCUT2D eigenvalue weighted by atomic mass is 19.4. The summed E-state index contributed by atoms with van der Waals surface area (Å²) >= 11 is 0. The van der Waals surface area contributed by atoms with Gasteiger partial charge < -0.3 is 19.3 Å². The zero-order chi connectivity index (χ0) is 23.0. The van der Waals surface area contributed by atoms with Gasteiger partial charge in [0.2, 0.25) is 0 Å². The molecule has 0 aliphatic carbocycles. The fourth-order valence-corrected chi connectivity index (χ4v) is 3.91. The first kappa shape index (κ1) is 21.8. The number of likely N-dealkylation sites (tertiary alicyclic amines) is 1. The van der Waals surface area contributed by atoms with Crippen LogP contribution in [0.5, 0.6) is 0 Å². The minimum Gasteiger partial charge on any atom is -0.359 e. The van der Waals surface area contributed by atoms with Crippen molar-refractivity contribution in [3.63, 3.8) is 0 Å². The molecule has 0 atom stereocenters. The third-order valence-corrected chi connectivity index (χ3v) is 5.74. The number of nitrogens with zero attached hydrogens (tertiary/aromatic N) is 4. The molecule has 0 spiro atoms. The zero-order valence-electron chi connectivity index (χ0n) is 17.6. The van der Waals surface area contributed by atoms with E-state index in [0.717, 1.165) is 6.07 Å². The first-order valence-electron chi connectivity index (χ1n) is 10.2. The molecule has 0 bridgehead atoms. The number of pyridine rings is 2.